The molecule has 5 atom stereocenters. The number of benzene rings is 5. The lowest BCUT2D eigenvalue weighted by Crippen LogP contribution is -2.31. The van der Waals surface area contributed by atoms with E-state index in [2.05, 4.69) is 97.1 Å². The van der Waals surface area contributed by atoms with Crippen LogP contribution in [0.5, 0.6) is 5.75 Å². The van der Waals surface area contributed by atoms with Crippen LogP contribution in [0, 0.1) is 0 Å². The van der Waals surface area contributed by atoms with Crippen LogP contribution in [-0.4, -0.2) is 21.1 Å². The largest absolute Gasteiger partial charge is 0.489 e. The molecule has 0 saturated heterocycles. The van der Waals surface area contributed by atoms with Gasteiger partial charge in [0.25, 0.3) is 0 Å². The van der Waals surface area contributed by atoms with Gasteiger partial charge in [-0.15, -0.1) is 0 Å². The predicted octanol–water partition coefficient (Wildman–Crippen LogP) is 10.6. The van der Waals surface area contributed by atoms with Crippen LogP contribution in [0.3, 0.4) is 0 Å². The molecule has 1 aliphatic heterocycles. The highest BCUT2D eigenvalue weighted by Crippen LogP contribution is 2.61. The summed E-state index contributed by atoms with van der Waals surface area (Å²) in [6.07, 6.45) is 8.50. The highest BCUT2D eigenvalue weighted by molar-refractivity contribution is 5.97. The second-order valence-corrected chi connectivity index (χ2v) is 14.1. The van der Waals surface area contributed by atoms with Crippen molar-refractivity contribution < 1.29 is 4.74 Å². The maximum absolute atomic E-state index is 6.82. The van der Waals surface area contributed by atoms with E-state index in [9.17, 15) is 0 Å². The van der Waals surface area contributed by atoms with Gasteiger partial charge in [-0.05, 0) is 84.1 Å². The molecule has 10 rings (SSSR count). The van der Waals surface area contributed by atoms with Gasteiger partial charge in [0.05, 0.1) is 0 Å². The normalized spacial score (nSPS) is 24.0. The fourth-order valence-electron chi connectivity index (χ4n) is 9.31. The van der Waals surface area contributed by atoms with Crippen LogP contribution in [0.25, 0.3) is 44.7 Å². The van der Waals surface area contributed by atoms with Gasteiger partial charge in [-0.1, -0.05) is 110 Å². The minimum absolute atomic E-state index is 0.297. The summed E-state index contributed by atoms with van der Waals surface area (Å²) in [5.74, 6) is 5.42. The Kier molecular flexibility index (Phi) is 6.31. The Morgan fingerprint density at radius 3 is 2.09 bits per heavy atom. The van der Waals surface area contributed by atoms with Crippen LogP contribution >= 0.6 is 0 Å². The Bertz CT molecular complexity index is 2090. The Labute approximate surface area is 275 Å². The molecule has 2 saturated carbocycles. The van der Waals surface area contributed by atoms with Crippen LogP contribution < -0.4 is 4.74 Å². The Hall–Kier alpha value is -4.83. The highest BCUT2D eigenvalue weighted by atomic mass is 16.5. The summed E-state index contributed by atoms with van der Waals surface area (Å²) in [4.78, 5) is 15.2. The number of rotatable bonds is 4. The first-order valence-electron chi connectivity index (χ1n) is 17.5. The average Bonchev–Trinajstić information content (AvgIpc) is 3.55. The van der Waals surface area contributed by atoms with Gasteiger partial charge in [0.1, 0.15) is 17.7 Å². The third kappa shape index (κ3) is 4.45. The summed E-state index contributed by atoms with van der Waals surface area (Å²) < 4.78 is 6.82. The third-order valence-electron chi connectivity index (χ3n) is 11.5. The summed E-state index contributed by atoms with van der Waals surface area (Å²) in [6.45, 7) is 0. The monoisotopic (exact) mass is 611 g/mol. The summed E-state index contributed by atoms with van der Waals surface area (Å²) in [7, 11) is 0. The third-order valence-corrected chi connectivity index (χ3v) is 11.5. The molecule has 6 aromatic rings. The van der Waals surface area contributed by atoms with Gasteiger partial charge in [-0.3, -0.25) is 0 Å². The molecule has 0 amide bonds. The molecule has 2 fully saturated rings. The zero-order valence-corrected chi connectivity index (χ0v) is 26.5. The van der Waals surface area contributed by atoms with E-state index in [0.29, 0.717) is 29.8 Å². The maximum Gasteiger partial charge on any atom is 0.163 e. The van der Waals surface area contributed by atoms with Crippen molar-refractivity contribution in [2.45, 2.75) is 74.7 Å². The lowest BCUT2D eigenvalue weighted by atomic mass is 9.64. The zero-order valence-electron chi connectivity index (χ0n) is 26.5. The number of fused-ring (bicyclic) bond motifs is 5. The Balaban J connectivity index is 1.03. The molecule has 4 heteroatoms. The number of aromatic nitrogens is 3. The maximum atomic E-state index is 6.82. The van der Waals surface area contributed by atoms with Crippen LogP contribution in [0.1, 0.15) is 91.1 Å². The van der Waals surface area contributed by atoms with Crippen molar-refractivity contribution >= 4 is 10.8 Å². The van der Waals surface area contributed by atoms with Gasteiger partial charge in [-0.25, -0.2) is 15.0 Å². The molecular formula is C43H37N3O. The predicted molar refractivity (Wildman–Crippen MR) is 188 cm³/mol. The van der Waals surface area contributed by atoms with E-state index >= 15 is 0 Å². The van der Waals surface area contributed by atoms with Gasteiger partial charge in [0.2, 0.25) is 0 Å². The van der Waals surface area contributed by atoms with Crippen molar-refractivity contribution in [1.29, 1.82) is 0 Å². The molecule has 230 valence electrons. The zero-order chi connectivity index (χ0) is 30.9. The fourth-order valence-corrected chi connectivity index (χ4v) is 9.31. The Morgan fingerprint density at radius 2 is 1.30 bits per heavy atom. The minimum Gasteiger partial charge on any atom is -0.489 e. The molecule has 0 radical (unpaired) electrons. The molecule has 4 nitrogen and oxygen atoms in total. The molecule has 0 spiro atoms. The van der Waals surface area contributed by atoms with Crippen LogP contribution in [-0.2, 0) is 0 Å². The van der Waals surface area contributed by atoms with Crippen LogP contribution in [0.15, 0.2) is 109 Å². The van der Waals surface area contributed by atoms with Crippen molar-refractivity contribution in [3.63, 3.8) is 0 Å². The van der Waals surface area contributed by atoms with Crippen molar-refractivity contribution in [3.8, 4) is 39.7 Å². The standard InChI is InChI=1S/C43H37N3O/c1-3-11-26(12-4-1)41-44-42(27-13-5-2-6-14-27)46-43(45-41)31-17-9-16-28(23-31)29-21-22-33-35(24-29)34-19-10-20-37-38(34)39-36(33)25-30-15-7-8-18-32(30)40(39)47-37/h1-8,11-15,18,21-22,24-25,28,31,34,37-38H,9-10,16-17,19-20,23H2. The van der Waals surface area contributed by atoms with E-state index in [-0.39, 0.29) is 0 Å². The number of ether oxygens (including phenoxy) is 1. The van der Waals surface area contributed by atoms with Gasteiger partial charge in [0, 0.05) is 33.9 Å². The van der Waals surface area contributed by atoms with Gasteiger partial charge < -0.3 is 4.74 Å². The van der Waals surface area contributed by atoms with E-state index < -0.39 is 0 Å². The van der Waals surface area contributed by atoms with Crippen molar-refractivity contribution in [2.24, 2.45) is 0 Å². The second kappa shape index (κ2) is 10.9. The topological polar surface area (TPSA) is 47.9 Å². The SMILES string of the molecule is c1ccc(-c2nc(-c3ccccc3)nc(C3CCCC(c4ccc5c(c4)C4CCCC6Oc7c(c-5cc5ccccc75)C64)C3)n2)cc1. The van der Waals surface area contributed by atoms with Gasteiger partial charge >= 0.3 is 0 Å². The first-order chi connectivity index (χ1) is 23.3. The van der Waals surface area contributed by atoms with Crippen molar-refractivity contribution in [1.82, 2.24) is 15.0 Å². The second-order valence-electron chi connectivity index (χ2n) is 14.1. The van der Waals surface area contributed by atoms with E-state index in [1.165, 1.54) is 58.7 Å². The first kappa shape index (κ1) is 27.3. The van der Waals surface area contributed by atoms with Crippen molar-refractivity contribution in [2.75, 3.05) is 0 Å². The number of hydrogen-bond donors (Lipinski definition) is 0. The summed E-state index contributed by atoms with van der Waals surface area (Å²) in [6, 6.07) is 39.4. The fraction of sp³-hybridized carbons (Fsp3) is 0.279. The molecule has 5 aromatic carbocycles. The Morgan fingerprint density at radius 1 is 0.596 bits per heavy atom. The molecule has 1 aromatic heterocycles. The molecule has 47 heavy (non-hydrogen) atoms. The van der Waals surface area contributed by atoms with Crippen LogP contribution in [0.2, 0.25) is 0 Å². The highest BCUT2D eigenvalue weighted by Gasteiger charge is 2.48. The van der Waals surface area contributed by atoms with E-state index in [0.717, 1.165) is 53.6 Å². The minimum atomic E-state index is 0.297. The molecule has 5 unspecified atom stereocenters. The number of hydrogen-bond acceptors (Lipinski definition) is 4. The van der Waals surface area contributed by atoms with E-state index in [1.54, 1.807) is 5.56 Å². The van der Waals surface area contributed by atoms with E-state index in [1.807, 2.05) is 12.1 Å². The van der Waals surface area contributed by atoms with Gasteiger partial charge in [-0.2, -0.15) is 0 Å². The average molecular weight is 612 g/mol. The quantitative estimate of drug-likeness (QED) is 0.199. The van der Waals surface area contributed by atoms with Crippen LogP contribution in [0.4, 0.5) is 0 Å². The van der Waals surface area contributed by atoms with Crippen molar-refractivity contribution in [3.05, 3.63) is 132 Å². The number of nitrogens with zero attached hydrogens (tertiary/aromatic N) is 3. The summed E-state index contributed by atoms with van der Waals surface area (Å²) in [5.41, 5.74) is 9.42. The molecular weight excluding hydrogens is 574 g/mol. The lowest BCUT2D eigenvalue weighted by Gasteiger charge is -2.39. The molecule has 0 N–H and O–H groups in total. The molecule has 4 aliphatic rings. The van der Waals surface area contributed by atoms with E-state index in [4.69, 9.17) is 19.7 Å². The summed E-state index contributed by atoms with van der Waals surface area (Å²) in [5, 5.41) is 2.56. The molecule has 0 bridgehead atoms. The smallest absolute Gasteiger partial charge is 0.163 e. The first-order valence-corrected chi connectivity index (χ1v) is 17.5. The molecule has 3 aliphatic carbocycles. The lowest BCUT2D eigenvalue weighted by molar-refractivity contribution is 0.151. The summed E-state index contributed by atoms with van der Waals surface area (Å²) >= 11 is 0. The molecule has 2 heterocycles. The van der Waals surface area contributed by atoms with Gasteiger partial charge in [0.15, 0.2) is 11.6 Å².